The summed E-state index contributed by atoms with van der Waals surface area (Å²) >= 11 is 6.08. The van der Waals surface area contributed by atoms with E-state index in [2.05, 4.69) is 22.2 Å². The number of aryl methyl sites for hydroxylation is 1. The number of benzene rings is 1. The third-order valence-electron chi connectivity index (χ3n) is 3.82. The number of unbranched alkanes of at least 4 members (excludes halogenated alkanes) is 1. The standard InChI is InChI=1S/C18H23ClN4O2/c1-5-6-7-23(3)18-20-10-13(11-21-18)17(24)22-15-8-12(2)14(19)9-16(15)25-4/h8-11H,5-7H2,1-4H3,(H,22,24). The van der Waals surface area contributed by atoms with E-state index >= 15 is 0 Å². The Morgan fingerprint density at radius 2 is 2.00 bits per heavy atom. The molecule has 1 aromatic heterocycles. The lowest BCUT2D eigenvalue weighted by Gasteiger charge is -2.16. The normalized spacial score (nSPS) is 10.4. The number of halogens is 1. The average molecular weight is 363 g/mol. The first-order valence-electron chi connectivity index (χ1n) is 8.15. The van der Waals surface area contributed by atoms with Crippen molar-refractivity contribution >= 4 is 29.1 Å². The third-order valence-corrected chi connectivity index (χ3v) is 4.23. The second-order valence-electron chi connectivity index (χ2n) is 5.80. The second-order valence-corrected chi connectivity index (χ2v) is 6.21. The number of carbonyl (C=O) groups is 1. The quantitative estimate of drug-likeness (QED) is 0.808. The Hall–Kier alpha value is -2.34. The molecule has 0 aliphatic rings. The van der Waals surface area contributed by atoms with Crippen molar-refractivity contribution in [2.75, 3.05) is 30.9 Å². The van der Waals surface area contributed by atoms with Crippen LogP contribution in [-0.4, -0.2) is 36.6 Å². The third kappa shape index (κ3) is 4.82. The number of ether oxygens (including phenoxy) is 1. The van der Waals surface area contributed by atoms with E-state index in [1.54, 1.807) is 12.1 Å². The van der Waals surface area contributed by atoms with Gasteiger partial charge in [-0.15, -0.1) is 0 Å². The summed E-state index contributed by atoms with van der Waals surface area (Å²) in [5.41, 5.74) is 1.78. The summed E-state index contributed by atoms with van der Waals surface area (Å²) in [6.07, 6.45) is 5.22. The van der Waals surface area contributed by atoms with Gasteiger partial charge in [0.15, 0.2) is 0 Å². The van der Waals surface area contributed by atoms with Crippen molar-refractivity contribution in [3.63, 3.8) is 0 Å². The minimum Gasteiger partial charge on any atom is -0.495 e. The molecule has 134 valence electrons. The second kappa shape index (κ2) is 8.67. The Balaban J connectivity index is 2.12. The van der Waals surface area contributed by atoms with E-state index in [1.807, 2.05) is 18.9 Å². The van der Waals surface area contributed by atoms with Crippen LogP contribution in [0.25, 0.3) is 0 Å². The van der Waals surface area contributed by atoms with Crippen LogP contribution in [0.3, 0.4) is 0 Å². The summed E-state index contributed by atoms with van der Waals surface area (Å²) < 4.78 is 5.27. The molecule has 7 heteroatoms. The van der Waals surface area contributed by atoms with Crippen LogP contribution >= 0.6 is 11.6 Å². The molecule has 1 aromatic carbocycles. The number of anilines is 2. The maximum atomic E-state index is 12.4. The highest BCUT2D eigenvalue weighted by atomic mass is 35.5. The highest BCUT2D eigenvalue weighted by Crippen LogP contribution is 2.31. The lowest BCUT2D eigenvalue weighted by atomic mass is 10.2. The number of hydrogen-bond donors (Lipinski definition) is 1. The van der Waals surface area contributed by atoms with Gasteiger partial charge in [0.2, 0.25) is 5.95 Å². The van der Waals surface area contributed by atoms with Gasteiger partial charge in [-0.3, -0.25) is 4.79 Å². The molecule has 0 atom stereocenters. The number of rotatable bonds is 7. The average Bonchev–Trinajstić information content (AvgIpc) is 2.62. The minimum atomic E-state index is -0.303. The topological polar surface area (TPSA) is 67.4 Å². The molecular formula is C18H23ClN4O2. The first-order chi connectivity index (χ1) is 12.0. The molecular weight excluding hydrogens is 340 g/mol. The molecule has 0 bridgehead atoms. The zero-order valence-corrected chi connectivity index (χ0v) is 15.7. The van der Waals surface area contributed by atoms with Gasteiger partial charge >= 0.3 is 0 Å². The SMILES string of the molecule is CCCCN(C)c1ncc(C(=O)Nc2cc(C)c(Cl)cc2OC)cn1. The van der Waals surface area contributed by atoms with Crippen molar-refractivity contribution in [3.8, 4) is 5.75 Å². The molecule has 0 saturated carbocycles. The van der Waals surface area contributed by atoms with E-state index in [0.29, 0.717) is 28.0 Å². The summed E-state index contributed by atoms with van der Waals surface area (Å²) in [4.78, 5) is 22.9. The molecule has 1 N–H and O–H groups in total. The van der Waals surface area contributed by atoms with E-state index in [-0.39, 0.29) is 5.91 Å². The summed E-state index contributed by atoms with van der Waals surface area (Å²) in [5.74, 6) is 0.800. The number of hydrogen-bond acceptors (Lipinski definition) is 5. The van der Waals surface area contributed by atoms with E-state index in [4.69, 9.17) is 16.3 Å². The molecule has 0 saturated heterocycles. The molecule has 0 aliphatic heterocycles. The smallest absolute Gasteiger partial charge is 0.258 e. The molecule has 25 heavy (non-hydrogen) atoms. The van der Waals surface area contributed by atoms with Gasteiger partial charge in [-0.1, -0.05) is 24.9 Å². The predicted octanol–water partition coefficient (Wildman–Crippen LogP) is 3.94. The number of nitrogens with one attached hydrogen (secondary N) is 1. The van der Waals surface area contributed by atoms with E-state index in [1.165, 1.54) is 19.5 Å². The highest BCUT2D eigenvalue weighted by Gasteiger charge is 2.13. The van der Waals surface area contributed by atoms with Crippen LogP contribution in [0.5, 0.6) is 5.75 Å². The Morgan fingerprint density at radius 3 is 2.60 bits per heavy atom. The van der Waals surface area contributed by atoms with Crippen LogP contribution in [0.15, 0.2) is 24.5 Å². The number of amides is 1. The number of nitrogens with zero attached hydrogens (tertiary/aromatic N) is 3. The molecule has 0 unspecified atom stereocenters. The fourth-order valence-corrected chi connectivity index (χ4v) is 2.41. The van der Waals surface area contributed by atoms with Crippen molar-refractivity contribution in [2.24, 2.45) is 0 Å². The first kappa shape index (κ1) is 19.0. The van der Waals surface area contributed by atoms with Gasteiger partial charge in [-0.05, 0) is 25.0 Å². The van der Waals surface area contributed by atoms with E-state index in [0.717, 1.165) is 24.9 Å². The van der Waals surface area contributed by atoms with Crippen LogP contribution in [0, 0.1) is 6.92 Å². The fourth-order valence-electron chi connectivity index (χ4n) is 2.26. The van der Waals surface area contributed by atoms with Crippen molar-refractivity contribution < 1.29 is 9.53 Å². The van der Waals surface area contributed by atoms with Crippen LogP contribution < -0.4 is 15.0 Å². The van der Waals surface area contributed by atoms with Crippen molar-refractivity contribution in [3.05, 3.63) is 40.7 Å². The van der Waals surface area contributed by atoms with Crippen LogP contribution in [0.4, 0.5) is 11.6 Å². The maximum absolute atomic E-state index is 12.4. The van der Waals surface area contributed by atoms with Gasteiger partial charge in [-0.2, -0.15) is 0 Å². The summed E-state index contributed by atoms with van der Waals surface area (Å²) in [6, 6.07) is 3.45. The summed E-state index contributed by atoms with van der Waals surface area (Å²) in [6.45, 7) is 4.87. The van der Waals surface area contributed by atoms with Gasteiger partial charge in [0.25, 0.3) is 5.91 Å². The zero-order chi connectivity index (χ0) is 18.4. The predicted molar refractivity (Wildman–Crippen MR) is 101 cm³/mol. The molecule has 0 aliphatic carbocycles. The molecule has 1 amide bonds. The number of methoxy groups -OCH3 is 1. The monoisotopic (exact) mass is 362 g/mol. The molecule has 6 nitrogen and oxygen atoms in total. The minimum absolute atomic E-state index is 0.303. The Kier molecular flexibility index (Phi) is 6.58. The van der Waals surface area contributed by atoms with Gasteiger partial charge in [0.05, 0.1) is 18.4 Å². The fraction of sp³-hybridized carbons (Fsp3) is 0.389. The van der Waals surface area contributed by atoms with Crippen LogP contribution in [0.2, 0.25) is 5.02 Å². The molecule has 1 heterocycles. The molecule has 0 spiro atoms. The van der Waals surface area contributed by atoms with Gasteiger partial charge in [0, 0.05) is 37.1 Å². The van der Waals surface area contributed by atoms with Gasteiger partial charge in [-0.25, -0.2) is 9.97 Å². The van der Waals surface area contributed by atoms with E-state index < -0.39 is 0 Å². The Bertz CT molecular complexity index is 735. The number of aromatic nitrogens is 2. The number of carbonyl (C=O) groups excluding carboxylic acids is 1. The molecule has 2 aromatic rings. The largest absolute Gasteiger partial charge is 0.495 e. The molecule has 2 rings (SSSR count). The molecule has 0 radical (unpaired) electrons. The van der Waals surface area contributed by atoms with Gasteiger partial charge < -0.3 is 15.0 Å². The highest BCUT2D eigenvalue weighted by molar-refractivity contribution is 6.31. The Labute approximate surface area is 153 Å². The van der Waals surface area contributed by atoms with Crippen molar-refractivity contribution in [1.82, 2.24) is 9.97 Å². The van der Waals surface area contributed by atoms with Crippen molar-refractivity contribution in [2.45, 2.75) is 26.7 Å². The van der Waals surface area contributed by atoms with Crippen LogP contribution in [0.1, 0.15) is 35.7 Å². The van der Waals surface area contributed by atoms with Gasteiger partial charge in [0.1, 0.15) is 5.75 Å². The summed E-state index contributed by atoms with van der Waals surface area (Å²) in [7, 11) is 3.47. The maximum Gasteiger partial charge on any atom is 0.258 e. The van der Waals surface area contributed by atoms with Crippen LogP contribution in [-0.2, 0) is 0 Å². The Morgan fingerprint density at radius 1 is 1.32 bits per heavy atom. The lowest BCUT2D eigenvalue weighted by molar-refractivity contribution is 0.102. The summed E-state index contributed by atoms with van der Waals surface area (Å²) in [5, 5.41) is 3.39. The zero-order valence-electron chi connectivity index (χ0n) is 15.0. The van der Waals surface area contributed by atoms with E-state index in [9.17, 15) is 4.79 Å². The molecule has 0 fully saturated rings. The lowest BCUT2D eigenvalue weighted by Crippen LogP contribution is -2.21. The first-order valence-corrected chi connectivity index (χ1v) is 8.52. The van der Waals surface area contributed by atoms with Crippen molar-refractivity contribution in [1.29, 1.82) is 0 Å².